The molecule has 0 aromatic heterocycles. The molecule has 2 nitrogen and oxygen atoms in total. The third-order valence-electron chi connectivity index (χ3n) is 2.89. The molecule has 1 aliphatic rings. The molecule has 0 atom stereocenters. The predicted molar refractivity (Wildman–Crippen MR) is 67.7 cm³/mol. The van der Waals surface area contributed by atoms with E-state index in [9.17, 15) is 0 Å². The van der Waals surface area contributed by atoms with E-state index in [1.807, 2.05) is 12.7 Å². The van der Waals surface area contributed by atoms with E-state index in [1.165, 1.54) is 16.9 Å². The zero-order valence-electron chi connectivity index (χ0n) is 9.48. The molecule has 0 aliphatic carbocycles. The van der Waals surface area contributed by atoms with E-state index in [4.69, 9.17) is 0 Å². The Labute approximate surface area is 115 Å². The number of hydrogen-bond acceptors (Lipinski definition) is 2. The summed E-state index contributed by atoms with van der Waals surface area (Å²) in [5.74, 6) is 0. The van der Waals surface area contributed by atoms with E-state index in [0.29, 0.717) is 0 Å². The number of rotatable bonds is 1. The van der Waals surface area contributed by atoms with Crippen molar-refractivity contribution < 1.29 is 20.1 Å². The first-order valence-corrected chi connectivity index (χ1v) is 5.40. The quantitative estimate of drug-likeness (QED) is 0.734. The molecule has 0 fully saturated rings. The second-order valence-corrected chi connectivity index (χ2v) is 3.95. The largest absolute Gasteiger partial charge is 0.514 e. The Kier molecular flexibility index (Phi) is 3.51. The van der Waals surface area contributed by atoms with Crippen molar-refractivity contribution in [1.82, 2.24) is 0 Å². The number of hydrogen-bond donors (Lipinski definition) is 1. The van der Waals surface area contributed by atoms with Crippen molar-refractivity contribution in [3.63, 3.8) is 0 Å². The molecule has 0 saturated heterocycles. The molecule has 89 valence electrons. The van der Waals surface area contributed by atoms with Gasteiger partial charge in [-0.15, -0.1) is 0 Å². The van der Waals surface area contributed by atoms with Gasteiger partial charge in [0.15, 0.2) is 0 Å². The zero-order chi connectivity index (χ0) is 11.0. The summed E-state index contributed by atoms with van der Waals surface area (Å²) < 4.78 is 0. The van der Waals surface area contributed by atoms with Crippen LogP contribution < -0.4 is 10.2 Å². The molecule has 3 rings (SSSR count). The Morgan fingerprint density at radius 2 is 1.59 bits per heavy atom. The van der Waals surface area contributed by atoms with Crippen molar-refractivity contribution in [2.24, 2.45) is 0 Å². The summed E-state index contributed by atoms with van der Waals surface area (Å²) in [6.45, 7) is 4.14. The Morgan fingerprint density at radius 1 is 0.941 bits per heavy atom. The van der Waals surface area contributed by atoms with Crippen molar-refractivity contribution >= 4 is 17.1 Å². The average molecular weight is 401 g/mol. The van der Waals surface area contributed by atoms with Crippen LogP contribution in [0.3, 0.4) is 0 Å². The normalized spacial score (nSPS) is 12.6. The van der Waals surface area contributed by atoms with Crippen LogP contribution in [0.1, 0.15) is 5.56 Å². The minimum Gasteiger partial charge on any atom is -0.514 e. The number of anilines is 3. The van der Waals surface area contributed by atoms with Crippen LogP contribution >= 0.6 is 0 Å². The Balaban J connectivity index is 0.00000108. The van der Waals surface area contributed by atoms with Gasteiger partial charge in [0.05, 0.1) is 0 Å². The van der Waals surface area contributed by atoms with Crippen LogP contribution in [0.25, 0.3) is 0 Å². The number of nitrogens with one attached hydrogen (secondary N) is 1. The molecule has 0 spiro atoms. The van der Waals surface area contributed by atoms with Crippen LogP contribution in [0, 0.1) is 13.6 Å². The van der Waals surface area contributed by atoms with Gasteiger partial charge in [-0.05, 0) is 30.7 Å². The van der Waals surface area contributed by atoms with Gasteiger partial charge in [-0.1, -0.05) is 30.3 Å². The number of aryl methyl sites for hydroxylation is 1. The topological polar surface area (TPSA) is 15.3 Å². The molecule has 1 heterocycles. The second kappa shape index (κ2) is 4.91. The van der Waals surface area contributed by atoms with E-state index in [2.05, 4.69) is 59.6 Å². The monoisotopic (exact) mass is 402 g/mol. The molecule has 0 saturated carbocycles. The molecule has 0 unspecified atom stereocenters. The smallest absolute Gasteiger partial charge is 0.0339 e. The molecule has 3 heteroatoms. The molecule has 1 N–H and O–H groups in total. The van der Waals surface area contributed by atoms with Crippen molar-refractivity contribution in [3.05, 3.63) is 60.8 Å². The van der Waals surface area contributed by atoms with Crippen molar-refractivity contribution in [1.29, 1.82) is 0 Å². The zero-order valence-corrected chi connectivity index (χ0v) is 11.9. The van der Waals surface area contributed by atoms with Gasteiger partial charge in [-0.3, -0.25) is 0 Å². The van der Waals surface area contributed by atoms with Gasteiger partial charge in [-0.25, -0.2) is 0 Å². The SMILES string of the molecule is Cc1ccccc1N1[CH-]Nc2ccccc21.[Ir]. The maximum absolute atomic E-state index is 3.28. The molecule has 17 heavy (non-hydrogen) atoms. The van der Waals surface area contributed by atoms with Gasteiger partial charge in [-0.2, -0.15) is 6.67 Å². The number of fused-ring (bicyclic) bond motifs is 1. The van der Waals surface area contributed by atoms with E-state index in [-0.39, 0.29) is 20.1 Å². The van der Waals surface area contributed by atoms with Gasteiger partial charge in [0, 0.05) is 37.2 Å². The summed E-state index contributed by atoms with van der Waals surface area (Å²) in [6, 6.07) is 16.7. The summed E-state index contributed by atoms with van der Waals surface area (Å²) in [5, 5.41) is 3.28. The maximum Gasteiger partial charge on any atom is 0.0339 e. The van der Waals surface area contributed by atoms with Gasteiger partial charge in [0.1, 0.15) is 0 Å². The van der Waals surface area contributed by atoms with E-state index >= 15 is 0 Å². The predicted octanol–water partition coefficient (Wildman–Crippen LogP) is 3.68. The Hall–Kier alpha value is -1.31. The fourth-order valence-corrected chi connectivity index (χ4v) is 2.04. The molecular formula is C14H13IrN2-. The van der Waals surface area contributed by atoms with E-state index < -0.39 is 0 Å². The summed E-state index contributed by atoms with van der Waals surface area (Å²) in [7, 11) is 0. The average Bonchev–Trinajstić information content (AvgIpc) is 2.74. The fourth-order valence-electron chi connectivity index (χ4n) is 2.04. The Bertz CT molecular complexity index is 525. The minimum absolute atomic E-state index is 0. The van der Waals surface area contributed by atoms with Crippen LogP contribution in [-0.2, 0) is 20.1 Å². The summed E-state index contributed by atoms with van der Waals surface area (Å²) in [6.07, 6.45) is 0. The van der Waals surface area contributed by atoms with Crippen LogP contribution in [0.5, 0.6) is 0 Å². The molecule has 1 radical (unpaired) electrons. The fraction of sp³-hybridized carbons (Fsp3) is 0.0714. The molecule has 2 aromatic carbocycles. The number of para-hydroxylation sites is 3. The van der Waals surface area contributed by atoms with Gasteiger partial charge in [0.25, 0.3) is 0 Å². The first-order chi connectivity index (χ1) is 7.86. The van der Waals surface area contributed by atoms with E-state index in [1.54, 1.807) is 0 Å². The first-order valence-electron chi connectivity index (χ1n) is 5.40. The Morgan fingerprint density at radius 3 is 2.35 bits per heavy atom. The maximum atomic E-state index is 3.28. The number of nitrogens with zero attached hydrogens (tertiary/aromatic N) is 1. The third-order valence-corrected chi connectivity index (χ3v) is 2.89. The van der Waals surface area contributed by atoms with Gasteiger partial charge in [0.2, 0.25) is 0 Å². The van der Waals surface area contributed by atoms with Gasteiger partial charge >= 0.3 is 0 Å². The molecule has 0 amide bonds. The van der Waals surface area contributed by atoms with Crippen LogP contribution in [0.4, 0.5) is 17.1 Å². The van der Waals surface area contributed by atoms with Crippen molar-refractivity contribution in [2.45, 2.75) is 6.92 Å². The van der Waals surface area contributed by atoms with E-state index in [0.717, 1.165) is 5.69 Å². The molecule has 2 aromatic rings. The van der Waals surface area contributed by atoms with Crippen LogP contribution in [0.2, 0.25) is 0 Å². The standard InChI is InChI=1S/C14H13N2.Ir/c1-11-6-2-4-8-13(11)16-10-15-12-7-3-5-9-14(12)16;/h2-10,15H,1H3;/q-1;. The van der Waals surface area contributed by atoms with Gasteiger partial charge < -0.3 is 10.2 Å². The van der Waals surface area contributed by atoms with Crippen molar-refractivity contribution in [2.75, 3.05) is 10.2 Å². The first kappa shape index (κ1) is 12.2. The number of benzene rings is 2. The molecule has 0 bridgehead atoms. The van der Waals surface area contributed by atoms with Crippen LogP contribution in [-0.4, -0.2) is 0 Å². The third kappa shape index (κ3) is 2.08. The summed E-state index contributed by atoms with van der Waals surface area (Å²) >= 11 is 0. The summed E-state index contributed by atoms with van der Waals surface area (Å²) in [4.78, 5) is 2.19. The molecular weight excluding hydrogens is 388 g/mol. The summed E-state index contributed by atoms with van der Waals surface area (Å²) in [5.41, 5.74) is 4.86. The van der Waals surface area contributed by atoms with Crippen molar-refractivity contribution in [3.8, 4) is 0 Å². The minimum atomic E-state index is 0. The second-order valence-electron chi connectivity index (χ2n) is 3.95. The molecule has 1 aliphatic heterocycles. The van der Waals surface area contributed by atoms with Crippen LogP contribution in [0.15, 0.2) is 48.5 Å².